The molecule has 0 saturated carbocycles. The molecule has 0 amide bonds. The molecule has 3 heteroatoms. The average molecular weight is 330 g/mol. The van der Waals surface area contributed by atoms with Crippen molar-refractivity contribution in [2.45, 2.75) is 53.5 Å². The third-order valence-electron chi connectivity index (χ3n) is 3.14. The second kappa shape index (κ2) is 7.28. The number of hydrogen-bond donors (Lipinski definition) is 1. The zero-order valence-corrected chi connectivity index (χ0v) is 14.1. The Morgan fingerprint density at radius 2 is 1.63 bits per heavy atom. The van der Waals surface area contributed by atoms with Gasteiger partial charge in [0.2, 0.25) is 0 Å². The number of benzene rings is 1. The monoisotopic (exact) mass is 329 g/mol. The molecule has 0 aliphatic heterocycles. The van der Waals surface area contributed by atoms with Gasteiger partial charge in [-0.1, -0.05) is 27.7 Å². The van der Waals surface area contributed by atoms with Crippen LogP contribution in [0.15, 0.2) is 16.6 Å². The minimum atomic E-state index is -0.207. The molecule has 108 valence electrons. The highest BCUT2D eigenvalue weighted by Crippen LogP contribution is 2.26. The van der Waals surface area contributed by atoms with Crippen molar-refractivity contribution in [2.24, 2.45) is 11.8 Å². The Morgan fingerprint density at radius 3 is 2.11 bits per heavy atom. The van der Waals surface area contributed by atoms with Crippen LogP contribution in [0.3, 0.4) is 0 Å². The lowest BCUT2D eigenvalue weighted by atomic mass is 9.95. The van der Waals surface area contributed by atoms with Gasteiger partial charge < -0.3 is 5.32 Å². The van der Waals surface area contributed by atoms with Gasteiger partial charge in [-0.3, -0.25) is 0 Å². The van der Waals surface area contributed by atoms with Gasteiger partial charge in [-0.15, -0.1) is 0 Å². The smallest absolute Gasteiger partial charge is 0.139 e. The van der Waals surface area contributed by atoms with Gasteiger partial charge in [0, 0.05) is 11.7 Å². The van der Waals surface area contributed by atoms with E-state index < -0.39 is 0 Å². The summed E-state index contributed by atoms with van der Waals surface area (Å²) >= 11 is 3.22. The second-order valence-corrected chi connectivity index (χ2v) is 7.04. The Hall–Kier alpha value is -0.570. The molecule has 0 unspecified atom stereocenters. The van der Waals surface area contributed by atoms with E-state index in [1.54, 1.807) is 6.07 Å². The van der Waals surface area contributed by atoms with Crippen molar-refractivity contribution >= 4 is 21.6 Å². The maximum Gasteiger partial charge on any atom is 0.139 e. The maximum atomic E-state index is 13.6. The second-order valence-electron chi connectivity index (χ2n) is 6.18. The molecule has 1 aromatic rings. The SMILES string of the molecule is Cc1cc(Br)c(F)cc1NC(CC(C)C)CC(C)C. The van der Waals surface area contributed by atoms with Crippen molar-refractivity contribution < 1.29 is 4.39 Å². The van der Waals surface area contributed by atoms with E-state index >= 15 is 0 Å². The lowest BCUT2D eigenvalue weighted by Crippen LogP contribution is -2.24. The highest BCUT2D eigenvalue weighted by atomic mass is 79.9. The van der Waals surface area contributed by atoms with Crippen LogP contribution in [-0.4, -0.2) is 6.04 Å². The summed E-state index contributed by atoms with van der Waals surface area (Å²) in [6.45, 7) is 10.9. The first-order valence-corrected chi connectivity index (χ1v) is 7.81. The van der Waals surface area contributed by atoms with Crippen LogP contribution in [-0.2, 0) is 0 Å². The third kappa shape index (κ3) is 5.52. The van der Waals surface area contributed by atoms with E-state index in [-0.39, 0.29) is 5.82 Å². The molecule has 0 aliphatic rings. The van der Waals surface area contributed by atoms with E-state index in [1.165, 1.54) is 0 Å². The van der Waals surface area contributed by atoms with Crippen LogP contribution in [0.5, 0.6) is 0 Å². The number of aryl methyl sites for hydroxylation is 1. The van der Waals surface area contributed by atoms with E-state index in [2.05, 4.69) is 48.9 Å². The molecular weight excluding hydrogens is 305 g/mol. The van der Waals surface area contributed by atoms with Gasteiger partial charge in [0.05, 0.1) is 4.47 Å². The molecule has 1 rings (SSSR count). The first-order valence-electron chi connectivity index (χ1n) is 7.01. The molecule has 0 atom stereocenters. The predicted molar refractivity (Wildman–Crippen MR) is 85.2 cm³/mol. The Bertz CT molecular complexity index is 405. The van der Waals surface area contributed by atoms with Crippen LogP contribution in [0, 0.1) is 24.6 Å². The van der Waals surface area contributed by atoms with Crippen molar-refractivity contribution in [3.05, 3.63) is 28.0 Å². The molecule has 0 aromatic heterocycles. The van der Waals surface area contributed by atoms with Crippen LogP contribution in [0.2, 0.25) is 0 Å². The quantitative estimate of drug-likeness (QED) is 0.698. The molecular formula is C16H25BrFN. The van der Waals surface area contributed by atoms with E-state index in [4.69, 9.17) is 0 Å². The van der Waals surface area contributed by atoms with Crippen LogP contribution < -0.4 is 5.32 Å². The van der Waals surface area contributed by atoms with Crippen molar-refractivity contribution in [3.8, 4) is 0 Å². The molecule has 1 nitrogen and oxygen atoms in total. The summed E-state index contributed by atoms with van der Waals surface area (Å²) in [5.41, 5.74) is 1.98. The predicted octanol–water partition coefficient (Wildman–Crippen LogP) is 5.77. The molecule has 1 aromatic carbocycles. The van der Waals surface area contributed by atoms with Crippen LogP contribution in [0.25, 0.3) is 0 Å². The third-order valence-corrected chi connectivity index (χ3v) is 3.75. The van der Waals surface area contributed by atoms with Crippen molar-refractivity contribution in [3.63, 3.8) is 0 Å². The summed E-state index contributed by atoms with van der Waals surface area (Å²) in [6, 6.07) is 3.83. The Morgan fingerprint density at radius 1 is 1.11 bits per heavy atom. The summed E-state index contributed by atoms with van der Waals surface area (Å²) in [6.07, 6.45) is 2.21. The average Bonchev–Trinajstić information content (AvgIpc) is 2.23. The van der Waals surface area contributed by atoms with Gasteiger partial charge in [0.15, 0.2) is 0 Å². The van der Waals surface area contributed by atoms with Crippen molar-refractivity contribution in [1.29, 1.82) is 0 Å². The highest BCUT2D eigenvalue weighted by molar-refractivity contribution is 9.10. The molecule has 1 N–H and O–H groups in total. The van der Waals surface area contributed by atoms with Crippen molar-refractivity contribution in [2.75, 3.05) is 5.32 Å². The summed E-state index contributed by atoms with van der Waals surface area (Å²) in [5, 5.41) is 3.52. The molecule has 0 aliphatic carbocycles. The Kier molecular flexibility index (Phi) is 6.31. The Balaban J connectivity index is 2.86. The lowest BCUT2D eigenvalue weighted by Gasteiger charge is -2.24. The number of rotatable bonds is 6. The van der Waals surface area contributed by atoms with Gasteiger partial charge in [-0.2, -0.15) is 0 Å². The van der Waals surface area contributed by atoms with Crippen molar-refractivity contribution in [1.82, 2.24) is 0 Å². The molecule has 0 radical (unpaired) electrons. The van der Waals surface area contributed by atoms with Gasteiger partial charge in [-0.25, -0.2) is 4.39 Å². The molecule has 0 fully saturated rings. The number of anilines is 1. The summed E-state index contributed by atoms with van der Waals surface area (Å²) in [5.74, 6) is 1.06. The fourth-order valence-electron chi connectivity index (χ4n) is 2.37. The molecule has 19 heavy (non-hydrogen) atoms. The maximum absolute atomic E-state index is 13.6. The zero-order valence-electron chi connectivity index (χ0n) is 12.6. The van der Waals surface area contributed by atoms with Crippen LogP contribution >= 0.6 is 15.9 Å². The zero-order chi connectivity index (χ0) is 14.6. The first-order chi connectivity index (χ1) is 8.79. The lowest BCUT2D eigenvalue weighted by molar-refractivity contribution is 0.442. The largest absolute Gasteiger partial charge is 0.382 e. The van der Waals surface area contributed by atoms with E-state index in [0.717, 1.165) is 24.1 Å². The molecule has 0 heterocycles. The summed E-state index contributed by atoms with van der Waals surface area (Å²) < 4.78 is 14.2. The van der Waals surface area contributed by atoms with E-state index in [0.29, 0.717) is 22.4 Å². The van der Waals surface area contributed by atoms with Gasteiger partial charge in [-0.05, 0) is 65.2 Å². The van der Waals surface area contributed by atoms with Crippen LogP contribution in [0.1, 0.15) is 46.1 Å². The Labute approximate surface area is 125 Å². The van der Waals surface area contributed by atoms with E-state index in [9.17, 15) is 4.39 Å². The molecule has 0 spiro atoms. The van der Waals surface area contributed by atoms with E-state index in [1.807, 2.05) is 13.0 Å². The first kappa shape index (κ1) is 16.5. The molecule has 0 bridgehead atoms. The summed E-state index contributed by atoms with van der Waals surface area (Å²) in [4.78, 5) is 0. The van der Waals surface area contributed by atoms with Gasteiger partial charge in [0.1, 0.15) is 5.82 Å². The number of hydrogen-bond acceptors (Lipinski definition) is 1. The fraction of sp³-hybridized carbons (Fsp3) is 0.625. The van der Waals surface area contributed by atoms with Gasteiger partial charge in [0.25, 0.3) is 0 Å². The van der Waals surface area contributed by atoms with Gasteiger partial charge >= 0.3 is 0 Å². The highest BCUT2D eigenvalue weighted by Gasteiger charge is 2.15. The normalized spacial score (nSPS) is 11.7. The minimum absolute atomic E-state index is 0.207. The summed E-state index contributed by atoms with van der Waals surface area (Å²) in [7, 11) is 0. The number of halogens is 2. The molecule has 0 saturated heterocycles. The van der Waals surface area contributed by atoms with Crippen LogP contribution in [0.4, 0.5) is 10.1 Å². The fourth-order valence-corrected chi connectivity index (χ4v) is 2.83. The standard InChI is InChI=1S/C16H25BrFN/c1-10(2)6-13(7-11(3)4)19-16-9-15(18)14(17)8-12(16)5/h8-11,13,19H,6-7H2,1-5H3. The topological polar surface area (TPSA) is 12.0 Å². The number of nitrogens with one attached hydrogen (secondary N) is 1. The minimum Gasteiger partial charge on any atom is -0.382 e.